The van der Waals surface area contributed by atoms with Crippen molar-refractivity contribution in [3.05, 3.63) is 29.0 Å². The number of hydrogen-bond acceptors (Lipinski definition) is 3. The average Bonchev–Trinajstić information content (AvgIpc) is 2.89. The molecule has 0 saturated carbocycles. The van der Waals surface area contributed by atoms with E-state index in [0.717, 1.165) is 5.56 Å². The Labute approximate surface area is 116 Å². The molecule has 2 rings (SSSR count). The van der Waals surface area contributed by atoms with Crippen molar-refractivity contribution < 1.29 is 8.78 Å². The fourth-order valence-electron chi connectivity index (χ4n) is 2.07. The molecule has 0 spiro atoms. The maximum Gasteiger partial charge on any atom is 0.216 e. The first-order valence-electron chi connectivity index (χ1n) is 6.62. The summed E-state index contributed by atoms with van der Waals surface area (Å²) in [6.45, 7) is 6.07. The first kappa shape index (κ1) is 14.5. The Kier molecular flexibility index (Phi) is 4.36. The van der Waals surface area contributed by atoms with Gasteiger partial charge in [-0.2, -0.15) is 14.6 Å². The molecule has 2 aromatic rings. The molecule has 0 aliphatic carbocycles. The summed E-state index contributed by atoms with van der Waals surface area (Å²) in [6, 6.07) is 0. The summed E-state index contributed by atoms with van der Waals surface area (Å²) in [7, 11) is 0. The molecule has 110 valence electrons. The zero-order valence-electron chi connectivity index (χ0n) is 12.0. The van der Waals surface area contributed by atoms with Crippen LogP contribution < -0.4 is 5.32 Å². The Morgan fingerprint density at radius 3 is 2.65 bits per heavy atom. The maximum atomic E-state index is 14.0. The second kappa shape index (κ2) is 6.02. The molecule has 0 aliphatic rings. The summed E-state index contributed by atoms with van der Waals surface area (Å²) < 4.78 is 29.2. The van der Waals surface area contributed by atoms with Crippen molar-refractivity contribution in [1.82, 2.24) is 19.6 Å². The zero-order valence-corrected chi connectivity index (χ0v) is 12.0. The smallest absolute Gasteiger partial charge is 0.216 e. The lowest BCUT2D eigenvalue weighted by Crippen LogP contribution is -2.06. The molecule has 0 unspecified atom stereocenters. The number of hydrogen-bond donors (Lipinski definition) is 1. The van der Waals surface area contributed by atoms with Crippen molar-refractivity contribution in [1.29, 1.82) is 0 Å². The fraction of sp³-hybridized carbons (Fsp3) is 0.538. The highest BCUT2D eigenvalue weighted by molar-refractivity contribution is 5.42. The molecule has 0 amide bonds. The van der Waals surface area contributed by atoms with E-state index < -0.39 is 6.67 Å². The van der Waals surface area contributed by atoms with Crippen LogP contribution in [0.15, 0.2) is 6.20 Å². The number of alkyl halides is 1. The Balaban J connectivity index is 2.10. The average molecular weight is 283 g/mol. The Morgan fingerprint density at radius 1 is 1.30 bits per heavy atom. The highest BCUT2D eigenvalue weighted by atomic mass is 19.1. The van der Waals surface area contributed by atoms with Gasteiger partial charge in [0.15, 0.2) is 5.82 Å². The molecule has 2 heterocycles. The van der Waals surface area contributed by atoms with E-state index in [2.05, 4.69) is 15.5 Å². The lowest BCUT2D eigenvalue weighted by molar-refractivity contribution is 0.427. The van der Waals surface area contributed by atoms with Gasteiger partial charge in [-0.1, -0.05) is 0 Å². The van der Waals surface area contributed by atoms with Gasteiger partial charge in [-0.15, -0.1) is 0 Å². The SMILES string of the molecule is CCn1nc(C)c(CNc2nn(CCF)cc2C)c1F. The van der Waals surface area contributed by atoms with Gasteiger partial charge in [0.2, 0.25) is 5.95 Å². The molecular formula is C13H19F2N5. The van der Waals surface area contributed by atoms with Crippen LogP contribution in [0.3, 0.4) is 0 Å². The summed E-state index contributed by atoms with van der Waals surface area (Å²) in [5.41, 5.74) is 2.10. The molecule has 0 aliphatic heterocycles. The third-order valence-corrected chi connectivity index (χ3v) is 3.17. The minimum absolute atomic E-state index is 0.226. The maximum absolute atomic E-state index is 14.0. The Morgan fingerprint density at radius 2 is 2.05 bits per heavy atom. The quantitative estimate of drug-likeness (QED) is 0.885. The molecule has 20 heavy (non-hydrogen) atoms. The van der Waals surface area contributed by atoms with Crippen LogP contribution in [0.1, 0.15) is 23.7 Å². The molecule has 0 bridgehead atoms. The first-order chi connectivity index (χ1) is 9.56. The van der Waals surface area contributed by atoms with Crippen LogP contribution in [-0.4, -0.2) is 26.2 Å². The summed E-state index contributed by atoms with van der Waals surface area (Å²) in [6.07, 6.45) is 1.76. The highest BCUT2D eigenvalue weighted by Crippen LogP contribution is 2.16. The molecule has 2 aromatic heterocycles. The van der Waals surface area contributed by atoms with Gasteiger partial charge in [-0.3, -0.25) is 4.68 Å². The standard InChI is InChI=1S/C13H19F2N5/c1-4-20-12(15)11(10(3)17-20)7-16-13-9(2)8-19(18-13)6-5-14/h8H,4-7H2,1-3H3,(H,16,18). The van der Waals surface area contributed by atoms with Gasteiger partial charge in [0.1, 0.15) is 6.67 Å². The summed E-state index contributed by atoms with van der Waals surface area (Å²) >= 11 is 0. The number of rotatable bonds is 6. The highest BCUT2D eigenvalue weighted by Gasteiger charge is 2.14. The van der Waals surface area contributed by atoms with Crippen LogP contribution in [0.5, 0.6) is 0 Å². The normalized spacial score (nSPS) is 11.1. The number of anilines is 1. The molecule has 0 aromatic carbocycles. The lowest BCUT2D eigenvalue weighted by atomic mass is 10.2. The van der Waals surface area contributed by atoms with E-state index in [4.69, 9.17) is 0 Å². The van der Waals surface area contributed by atoms with Crippen LogP contribution in [-0.2, 0) is 19.6 Å². The molecule has 0 radical (unpaired) electrons. The molecule has 0 atom stereocenters. The van der Waals surface area contributed by atoms with Gasteiger partial charge in [0.05, 0.1) is 12.2 Å². The van der Waals surface area contributed by atoms with Crippen LogP contribution in [0.25, 0.3) is 0 Å². The van der Waals surface area contributed by atoms with Gasteiger partial charge >= 0.3 is 0 Å². The zero-order chi connectivity index (χ0) is 14.7. The van der Waals surface area contributed by atoms with Gasteiger partial charge < -0.3 is 5.32 Å². The van der Waals surface area contributed by atoms with E-state index in [0.29, 0.717) is 30.2 Å². The first-order valence-corrected chi connectivity index (χ1v) is 6.62. The minimum atomic E-state index is -0.461. The monoisotopic (exact) mass is 283 g/mol. The van der Waals surface area contributed by atoms with E-state index in [1.165, 1.54) is 9.36 Å². The predicted molar refractivity (Wildman–Crippen MR) is 72.9 cm³/mol. The van der Waals surface area contributed by atoms with Gasteiger partial charge in [0, 0.05) is 30.4 Å². The van der Waals surface area contributed by atoms with Gasteiger partial charge in [0.25, 0.3) is 0 Å². The van der Waals surface area contributed by atoms with E-state index >= 15 is 0 Å². The van der Waals surface area contributed by atoms with Gasteiger partial charge in [-0.25, -0.2) is 9.07 Å². The number of halogens is 2. The summed E-state index contributed by atoms with van der Waals surface area (Å²) in [4.78, 5) is 0. The molecule has 5 nitrogen and oxygen atoms in total. The number of aryl methyl sites for hydroxylation is 4. The third-order valence-electron chi connectivity index (χ3n) is 3.17. The number of nitrogens with zero attached hydrogens (tertiary/aromatic N) is 4. The van der Waals surface area contributed by atoms with Crippen LogP contribution >= 0.6 is 0 Å². The molecule has 0 saturated heterocycles. The van der Waals surface area contributed by atoms with Crippen molar-refractivity contribution >= 4 is 5.82 Å². The topological polar surface area (TPSA) is 47.7 Å². The molecule has 7 heteroatoms. The minimum Gasteiger partial charge on any atom is -0.364 e. The summed E-state index contributed by atoms with van der Waals surface area (Å²) in [5.74, 6) is 0.319. The van der Waals surface area contributed by atoms with Crippen LogP contribution in [0.2, 0.25) is 0 Å². The predicted octanol–water partition coefficient (Wildman–Crippen LogP) is 2.44. The van der Waals surface area contributed by atoms with Crippen LogP contribution in [0.4, 0.5) is 14.6 Å². The van der Waals surface area contributed by atoms with E-state index in [9.17, 15) is 8.78 Å². The molecular weight excluding hydrogens is 264 g/mol. The van der Waals surface area contributed by atoms with Crippen LogP contribution in [0, 0.1) is 19.8 Å². The van der Waals surface area contributed by atoms with E-state index in [1.807, 2.05) is 13.8 Å². The summed E-state index contributed by atoms with van der Waals surface area (Å²) in [5, 5.41) is 11.4. The largest absolute Gasteiger partial charge is 0.364 e. The Hall–Kier alpha value is -1.92. The number of aromatic nitrogens is 4. The van der Waals surface area contributed by atoms with Crippen molar-refractivity contribution in [2.75, 3.05) is 12.0 Å². The van der Waals surface area contributed by atoms with Crippen molar-refractivity contribution in [3.8, 4) is 0 Å². The second-order valence-electron chi connectivity index (χ2n) is 4.64. The third kappa shape index (κ3) is 2.81. The molecule has 1 N–H and O–H groups in total. The second-order valence-corrected chi connectivity index (χ2v) is 4.64. The van der Waals surface area contributed by atoms with Crippen molar-refractivity contribution in [2.45, 2.75) is 40.4 Å². The van der Waals surface area contributed by atoms with Crippen molar-refractivity contribution in [3.63, 3.8) is 0 Å². The van der Waals surface area contributed by atoms with E-state index in [1.54, 1.807) is 13.1 Å². The number of nitrogens with one attached hydrogen (secondary N) is 1. The lowest BCUT2D eigenvalue weighted by Gasteiger charge is -2.04. The fourth-order valence-corrected chi connectivity index (χ4v) is 2.07. The molecule has 0 fully saturated rings. The van der Waals surface area contributed by atoms with Gasteiger partial charge in [-0.05, 0) is 20.8 Å². The Bertz CT molecular complexity index is 588. The van der Waals surface area contributed by atoms with Crippen molar-refractivity contribution in [2.24, 2.45) is 0 Å². The van der Waals surface area contributed by atoms with E-state index in [-0.39, 0.29) is 12.5 Å².